The van der Waals surface area contributed by atoms with Crippen molar-refractivity contribution in [3.63, 3.8) is 0 Å². The van der Waals surface area contributed by atoms with E-state index in [-0.39, 0.29) is 23.9 Å². The molecule has 1 amide bonds. The standard InChI is InChI=1S/C28H30N2O4S/c31-22-10-8-19(9-11-22)17-24(32)26-23-6-1-2-7-25(23)35-28(26)29-27(33)21-5-3-4-20(16-21)18-30-12-14-34-15-13-30/h3-5,8-11,16,31H,1-2,6-7,12-15,17-18H2,(H,29,33). The zero-order chi connectivity index (χ0) is 24.2. The Labute approximate surface area is 209 Å². The molecule has 5 rings (SSSR count). The monoisotopic (exact) mass is 490 g/mol. The topological polar surface area (TPSA) is 78.9 Å². The lowest BCUT2D eigenvalue weighted by atomic mass is 9.92. The average molecular weight is 491 g/mol. The molecule has 1 fully saturated rings. The first-order valence-corrected chi connectivity index (χ1v) is 13.0. The molecule has 6 nitrogen and oxygen atoms in total. The number of anilines is 1. The van der Waals surface area contributed by atoms with Gasteiger partial charge in [0.05, 0.1) is 18.8 Å². The summed E-state index contributed by atoms with van der Waals surface area (Å²) < 4.78 is 5.43. The fraction of sp³-hybridized carbons (Fsp3) is 0.357. The molecule has 1 aliphatic carbocycles. The van der Waals surface area contributed by atoms with Crippen molar-refractivity contribution in [2.75, 3.05) is 31.6 Å². The van der Waals surface area contributed by atoms with E-state index in [9.17, 15) is 14.7 Å². The van der Waals surface area contributed by atoms with Crippen molar-refractivity contribution in [3.8, 4) is 5.75 Å². The molecule has 7 heteroatoms. The normalized spacial score (nSPS) is 16.0. The van der Waals surface area contributed by atoms with Crippen LogP contribution in [-0.2, 0) is 30.5 Å². The summed E-state index contributed by atoms with van der Waals surface area (Å²) in [5.41, 5.74) is 4.29. The molecule has 0 bridgehead atoms. The van der Waals surface area contributed by atoms with Crippen LogP contribution in [0.2, 0.25) is 0 Å². The van der Waals surface area contributed by atoms with Crippen LogP contribution in [0.15, 0.2) is 48.5 Å². The lowest BCUT2D eigenvalue weighted by Gasteiger charge is -2.26. The molecule has 2 aromatic carbocycles. The van der Waals surface area contributed by atoms with Gasteiger partial charge in [0.15, 0.2) is 5.78 Å². The van der Waals surface area contributed by atoms with E-state index >= 15 is 0 Å². The summed E-state index contributed by atoms with van der Waals surface area (Å²) in [5, 5.41) is 13.3. The molecular weight excluding hydrogens is 460 g/mol. The fourth-order valence-electron chi connectivity index (χ4n) is 4.84. The number of fused-ring (bicyclic) bond motifs is 1. The van der Waals surface area contributed by atoms with Crippen LogP contribution in [0.25, 0.3) is 0 Å². The number of ether oxygens (including phenoxy) is 1. The highest BCUT2D eigenvalue weighted by molar-refractivity contribution is 7.17. The smallest absolute Gasteiger partial charge is 0.256 e. The van der Waals surface area contributed by atoms with Gasteiger partial charge < -0.3 is 15.2 Å². The Balaban J connectivity index is 1.36. The van der Waals surface area contributed by atoms with Crippen LogP contribution in [0.3, 0.4) is 0 Å². The minimum atomic E-state index is -0.189. The van der Waals surface area contributed by atoms with Gasteiger partial charge in [-0.1, -0.05) is 24.3 Å². The summed E-state index contributed by atoms with van der Waals surface area (Å²) in [6.45, 7) is 4.05. The molecule has 0 unspecified atom stereocenters. The van der Waals surface area contributed by atoms with E-state index in [1.807, 2.05) is 24.3 Å². The Morgan fingerprint density at radius 2 is 1.77 bits per heavy atom. The first-order valence-electron chi connectivity index (χ1n) is 12.2. The average Bonchev–Trinajstić information content (AvgIpc) is 3.24. The van der Waals surface area contributed by atoms with Crippen LogP contribution in [0.5, 0.6) is 5.75 Å². The largest absolute Gasteiger partial charge is 0.508 e. The van der Waals surface area contributed by atoms with Crippen LogP contribution in [0.4, 0.5) is 5.00 Å². The number of aryl methyl sites for hydroxylation is 1. The van der Waals surface area contributed by atoms with E-state index in [0.29, 0.717) is 16.1 Å². The van der Waals surface area contributed by atoms with Gasteiger partial charge in [0.25, 0.3) is 5.91 Å². The molecular formula is C28H30N2O4S. The Morgan fingerprint density at radius 1 is 1.00 bits per heavy atom. The molecule has 1 aliphatic heterocycles. The number of nitrogens with one attached hydrogen (secondary N) is 1. The number of phenolic OH excluding ortho intramolecular Hbond substituents is 1. The number of benzene rings is 2. The predicted molar refractivity (Wildman–Crippen MR) is 138 cm³/mol. The molecule has 0 saturated carbocycles. The second-order valence-electron chi connectivity index (χ2n) is 9.22. The van der Waals surface area contributed by atoms with Gasteiger partial charge in [-0.25, -0.2) is 0 Å². The highest BCUT2D eigenvalue weighted by Crippen LogP contribution is 2.39. The Morgan fingerprint density at radius 3 is 2.57 bits per heavy atom. The van der Waals surface area contributed by atoms with Crippen LogP contribution in [0.1, 0.15) is 55.1 Å². The summed E-state index contributed by atoms with van der Waals surface area (Å²) in [5.74, 6) is -0.00418. The van der Waals surface area contributed by atoms with Gasteiger partial charge in [0.2, 0.25) is 0 Å². The second-order valence-corrected chi connectivity index (χ2v) is 10.3. The van der Waals surface area contributed by atoms with E-state index in [2.05, 4.69) is 10.2 Å². The molecule has 0 spiro atoms. The van der Waals surface area contributed by atoms with Gasteiger partial charge in [0.1, 0.15) is 10.8 Å². The number of nitrogens with zero attached hydrogens (tertiary/aromatic N) is 1. The maximum Gasteiger partial charge on any atom is 0.256 e. The summed E-state index contributed by atoms with van der Waals surface area (Å²) in [4.78, 5) is 30.2. The van der Waals surface area contributed by atoms with Crippen LogP contribution in [0, 0.1) is 0 Å². The number of hydrogen-bond donors (Lipinski definition) is 2. The van der Waals surface area contributed by atoms with Crippen molar-refractivity contribution in [1.82, 2.24) is 4.90 Å². The number of phenols is 1. The van der Waals surface area contributed by atoms with E-state index in [4.69, 9.17) is 4.74 Å². The maximum absolute atomic E-state index is 13.4. The number of hydrogen-bond acceptors (Lipinski definition) is 6. The van der Waals surface area contributed by atoms with Crippen molar-refractivity contribution >= 4 is 28.0 Å². The van der Waals surface area contributed by atoms with Gasteiger partial charge in [-0.15, -0.1) is 11.3 Å². The van der Waals surface area contributed by atoms with Gasteiger partial charge in [-0.05, 0) is 66.6 Å². The van der Waals surface area contributed by atoms with Crippen molar-refractivity contribution in [2.24, 2.45) is 0 Å². The Bertz CT molecular complexity index is 1210. The van der Waals surface area contributed by atoms with Crippen molar-refractivity contribution in [3.05, 3.63) is 81.2 Å². The molecule has 2 heterocycles. The Kier molecular flexibility index (Phi) is 7.27. The zero-order valence-electron chi connectivity index (χ0n) is 19.7. The van der Waals surface area contributed by atoms with Gasteiger partial charge in [0, 0.05) is 36.5 Å². The number of carbonyl (C=O) groups excluding carboxylic acids is 2. The summed E-state index contributed by atoms with van der Waals surface area (Å²) in [6, 6.07) is 14.5. The third kappa shape index (κ3) is 5.64. The molecule has 2 N–H and O–H groups in total. The molecule has 1 aromatic heterocycles. The minimum Gasteiger partial charge on any atom is -0.508 e. The van der Waals surface area contributed by atoms with Crippen LogP contribution < -0.4 is 5.32 Å². The molecule has 0 atom stereocenters. The predicted octanol–water partition coefficient (Wildman–Crippen LogP) is 4.84. The fourth-order valence-corrected chi connectivity index (χ4v) is 6.14. The lowest BCUT2D eigenvalue weighted by Crippen LogP contribution is -2.35. The number of aromatic hydroxyl groups is 1. The molecule has 35 heavy (non-hydrogen) atoms. The number of rotatable bonds is 7. The van der Waals surface area contributed by atoms with Gasteiger partial charge in [-0.3, -0.25) is 14.5 Å². The number of thiophene rings is 1. The first kappa shape index (κ1) is 23.7. The van der Waals surface area contributed by atoms with E-state index < -0.39 is 0 Å². The quantitative estimate of drug-likeness (QED) is 0.463. The third-order valence-electron chi connectivity index (χ3n) is 6.68. The highest BCUT2D eigenvalue weighted by atomic mass is 32.1. The molecule has 2 aliphatic rings. The number of morpholine rings is 1. The number of Topliss-reactive ketones (excluding diaryl/α,β-unsaturated/α-hetero) is 1. The van der Waals surface area contributed by atoms with Crippen molar-refractivity contribution in [2.45, 2.75) is 38.6 Å². The summed E-state index contributed by atoms with van der Waals surface area (Å²) in [7, 11) is 0. The van der Waals surface area contributed by atoms with E-state index in [1.54, 1.807) is 35.6 Å². The molecule has 182 valence electrons. The number of amides is 1. The maximum atomic E-state index is 13.4. The molecule has 1 saturated heterocycles. The van der Waals surface area contributed by atoms with Gasteiger partial charge >= 0.3 is 0 Å². The first-order chi connectivity index (χ1) is 17.1. The SMILES string of the molecule is O=C(Nc1sc2c(c1C(=O)Cc1ccc(O)cc1)CCCC2)c1cccc(CN2CCOCC2)c1. The van der Waals surface area contributed by atoms with E-state index in [1.165, 1.54) is 4.88 Å². The number of carbonyl (C=O) groups is 2. The molecule has 3 aromatic rings. The second kappa shape index (κ2) is 10.7. The van der Waals surface area contributed by atoms with E-state index in [0.717, 1.165) is 75.2 Å². The summed E-state index contributed by atoms with van der Waals surface area (Å²) >= 11 is 1.54. The minimum absolute atomic E-state index is 0.00598. The van der Waals surface area contributed by atoms with Gasteiger partial charge in [-0.2, -0.15) is 0 Å². The van der Waals surface area contributed by atoms with Crippen molar-refractivity contribution in [1.29, 1.82) is 0 Å². The van der Waals surface area contributed by atoms with Crippen molar-refractivity contribution < 1.29 is 19.4 Å². The highest BCUT2D eigenvalue weighted by Gasteiger charge is 2.26. The number of ketones is 1. The molecule has 0 radical (unpaired) electrons. The Hall–Kier alpha value is -3.00. The third-order valence-corrected chi connectivity index (χ3v) is 7.88. The zero-order valence-corrected chi connectivity index (χ0v) is 20.5. The lowest BCUT2D eigenvalue weighted by molar-refractivity contribution is 0.0342. The summed E-state index contributed by atoms with van der Waals surface area (Å²) in [6.07, 6.45) is 4.22. The van der Waals surface area contributed by atoms with Crippen LogP contribution in [-0.4, -0.2) is 48.0 Å². The van der Waals surface area contributed by atoms with Crippen LogP contribution >= 0.6 is 11.3 Å².